The molecule has 3 N–H and O–H groups in total. The maximum atomic E-state index is 12.9. The molecule has 146 valence electrons. The highest BCUT2D eigenvalue weighted by atomic mass is 16.2. The number of nitrogens with zero attached hydrogens (tertiary/aromatic N) is 1. The molecule has 27 heavy (non-hydrogen) atoms. The van der Waals surface area contributed by atoms with E-state index in [1.54, 1.807) is 0 Å². The highest BCUT2D eigenvalue weighted by Crippen LogP contribution is 2.42. The molecular formula is C22H31N3O2. The monoisotopic (exact) mass is 369 g/mol. The van der Waals surface area contributed by atoms with Gasteiger partial charge in [-0.25, -0.2) is 0 Å². The van der Waals surface area contributed by atoms with Gasteiger partial charge in [0, 0.05) is 36.3 Å². The smallest absolute Gasteiger partial charge is 0.253 e. The van der Waals surface area contributed by atoms with Gasteiger partial charge in [-0.1, -0.05) is 6.42 Å². The predicted molar refractivity (Wildman–Crippen MR) is 106 cm³/mol. The van der Waals surface area contributed by atoms with Gasteiger partial charge < -0.3 is 16.0 Å². The van der Waals surface area contributed by atoms with Crippen molar-refractivity contribution in [2.45, 2.75) is 57.9 Å². The lowest BCUT2D eigenvalue weighted by Gasteiger charge is -2.43. The Morgan fingerprint density at radius 3 is 2.37 bits per heavy atom. The SMILES string of the molecule is Cc1cc(C(=O)N2CCCC2)ccc1NC(=O)C1CC2CCCC(C1)C2N. The summed E-state index contributed by atoms with van der Waals surface area (Å²) in [6, 6.07) is 5.91. The summed E-state index contributed by atoms with van der Waals surface area (Å²) < 4.78 is 0. The van der Waals surface area contributed by atoms with Crippen LogP contribution in [0.1, 0.15) is 60.9 Å². The van der Waals surface area contributed by atoms with Gasteiger partial charge >= 0.3 is 0 Å². The number of benzene rings is 1. The zero-order valence-electron chi connectivity index (χ0n) is 16.2. The van der Waals surface area contributed by atoms with Crippen LogP contribution in [0.15, 0.2) is 18.2 Å². The van der Waals surface area contributed by atoms with Crippen LogP contribution in [0.5, 0.6) is 0 Å². The summed E-state index contributed by atoms with van der Waals surface area (Å²) in [5, 5.41) is 3.12. The van der Waals surface area contributed by atoms with Gasteiger partial charge in [0.2, 0.25) is 5.91 Å². The first kappa shape index (κ1) is 18.5. The van der Waals surface area contributed by atoms with Crippen molar-refractivity contribution < 1.29 is 9.59 Å². The Bertz CT molecular complexity index is 712. The predicted octanol–water partition coefficient (Wildman–Crippen LogP) is 3.32. The van der Waals surface area contributed by atoms with E-state index < -0.39 is 0 Å². The quantitative estimate of drug-likeness (QED) is 0.858. The molecule has 4 rings (SSSR count). The highest BCUT2D eigenvalue weighted by molar-refractivity contribution is 5.97. The summed E-state index contributed by atoms with van der Waals surface area (Å²) in [6.07, 6.45) is 7.57. The lowest BCUT2D eigenvalue weighted by Crippen LogP contribution is -2.48. The van der Waals surface area contributed by atoms with Crippen molar-refractivity contribution in [1.82, 2.24) is 4.90 Å². The first-order chi connectivity index (χ1) is 13.0. The molecule has 1 aliphatic heterocycles. The van der Waals surface area contributed by atoms with Crippen LogP contribution in [0.3, 0.4) is 0 Å². The van der Waals surface area contributed by atoms with Crippen molar-refractivity contribution in [3.8, 4) is 0 Å². The van der Waals surface area contributed by atoms with Gasteiger partial charge in [-0.3, -0.25) is 9.59 Å². The number of nitrogens with one attached hydrogen (secondary N) is 1. The van der Waals surface area contributed by atoms with Crippen molar-refractivity contribution in [2.75, 3.05) is 18.4 Å². The van der Waals surface area contributed by atoms with Crippen LogP contribution in [0.4, 0.5) is 5.69 Å². The zero-order chi connectivity index (χ0) is 19.0. The van der Waals surface area contributed by atoms with Crippen molar-refractivity contribution in [3.05, 3.63) is 29.3 Å². The third-order valence-electron chi connectivity index (χ3n) is 6.91. The summed E-state index contributed by atoms with van der Waals surface area (Å²) in [5.41, 5.74) is 8.83. The van der Waals surface area contributed by atoms with E-state index in [4.69, 9.17) is 5.73 Å². The molecular weight excluding hydrogens is 338 g/mol. The minimum Gasteiger partial charge on any atom is -0.339 e. The summed E-state index contributed by atoms with van der Waals surface area (Å²) in [5.74, 6) is 1.26. The molecule has 3 aliphatic rings. The molecule has 0 aromatic heterocycles. The van der Waals surface area contributed by atoms with Crippen LogP contribution in [-0.4, -0.2) is 35.8 Å². The Labute approximate surface area is 161 Å². The Hall–Kier alpha value is -1.88. The molecule has 3 fully saturated rings. The molecule has 1 aromatic carbocycles. The molecule has 0 spiro atoms. The maximum Gasteiger partial charge on any atom is 0.253 e. The van der Waals surface area contributed by atoms with Crippen LogP contribution in [0, 0.1) is 24.7 Å². The number of likely N-dealkylation sites (tertiary alicyclic amines) is 1. The lowest BCUT2D eigenvalue weighted by atomic mass is 9.65. The Kier molecular flexibility index (Phi) is 5.22. The average Bonchev–Trinajstić information content (AvgIpc) is 3.17. The number of hydrogen-bond acceptors (Lipinski definition) is 3. The number of hydrogen-bond donors (Lipinski definition) is 2. The van der Waals surface area contributed by atoms with Gasteiger partial charge in [-0.2, -0.15) is 0 Å². The number of aryl methyl sites for hydroxylation is 1. The van der Waals surface area contributed by atoms with E-state index in [-0.39, 0.29) is 23.8 Å². The van der Waals surface area contributed by atoms with Gasteiger partial charge in [0.05, 0.1) is 0 Å². The van der Waals surface area contributed by atoms with Crippen molar-refractivity contribution in [2.24, 2.45) is 23.5 Å². The average molecular weight is 370 g/mol. The van der Waals surface area contributed by atoms with Gasteiger partial charge in [-0.05, 0) is 81.0 Å². The largest absolute Gasteiger partial charge is 0.339 e. The van der Waals surface area contributed by atoms with Crippen molar-refractivity contribution >= 4 is 17.5 Å². The summed E-state index contributed by atoms with van der Waals surface area (Å²) in [4.78, 5) is 27.3. The number of rotatable bonds is 3. The molecule has 5 nitrogen and oxygen atoms in total. The van der Waals surface area contributed by atoms with Gasteiger partial charge in [0.15, 0.2) is 0 Å². The molecule has 2 bridgehead atoms. The number of nitrogens with two attached hydrogens (primary N) is 1. The van der Waals surface area contributed by atoms with Gasteiger partial charge in [-0.15, -0.1) is 0 Å². The van der Waals surface area contributed by atoms with Crippen LogP contribution >= 0.6 is 0 Å². The third kappa shape index (κ3) is 3.75. The molecule has 2 saturated carbocycles. The minimum atomic E-state index is 0.0606. The minimum absolute atomic E-state index is 0.0606. The first-order valence-electron chi connectivity index (χ1n) is 10.5. The second-order valence-electron chi connectivity index (χ2n) is 8.71. The van der Waals surface area contributed by atoms with Gasteiger partial charge in [0.1, 0.15) is 0 Å². The summed E-state index contributed by atoms with van der Waals surface area (Å²) >= 11 is 0. The maximum absolute atomic E-state index is 12.9. The number of amides is 2. The van der Waals surface area contributed by atoms with E-state index in [0.29, 0.717) is 17.4 Å². The number of carbonyl (C=O) groups is 2. The van der Waals surface area contributed by atoms with Crippen LogP contribution in [0.25, 0.3) is 0 Å². The zero-order valence-corrected chi connectivity index (χ0v) is 16.2. The molecule has 1 aromatic rings. The second-order valence-corrected chi connectivity index (χ2v) is 8.71. The van der Waals surface area contributed by atoms with Crippen molar-refractivity contribution in [3.63, 3.8) is 0 Å². The molecule has 2 aliphatic carbocycles. The van der Waals surface area contributed by atoms with E-state index in [1.807, 2.05) is 30.0 Å². The van der Waals surface area contributed by atoms with E-state index in [1.165, 1.54) is 6.42 Å². The highest BCUT2D eigenvalue weighted by Gasteiger charge is 2.40. The summed E-state index contributed by atoms with van der Waals surface area (Å²) in [7, 11) is 0. The van der Waals surface area contributed by atoms with Crippen LogP contribution in [-0.2, 0) is 4.79 Å². The summed E-state index contributed by atoms with van der Waals surface area (Å²) in [6.45, 7) is 3.66. The molecule has 2 amide bonds. The van der Waals surface area contributed by atoms with E-state index >= 15 is 0 Å². The van der Waals surface area contributed by atoms with E-state index in [9.17, 15) is 9.59 Å². The Morgan fingerprint density at radius 1 is 1.07 bits per heavy atom. The number of fused-ring (bicyclic) bond motifs is 2. The normalized spacial score (nSPS) is 30.2. The Balaban J connectivity index is 1.42. The molecule has 0 radical (unpaired) electrons. The van der Waals surface area contributed by atoms with E-state index in [0.717, 1.165) is 62.9 Å². The van der Waals surface area contributed by atoms with Crippen LogP contribution < -0.4 is 11.1 Å². The lowest BCUT2D eigenvalue weighted by molar-refractivity contribution is -0.122. The van der Waals surface area contributed by atoms with Crippen LogP contribution in [0.2, 0.25) is 0 Å². The Morgan fingerprint density at radius 2 is 1.74 bits per heavy atom. The molecule has 2 unspecified atom stereocenters. The van der Waals surface area contributed by atoms with Gasteiger partial charge in [0.25, 0.3) is 5.91 Å². The van der Waals surface area contributed by atoms with Crippen molar-refractivity contribution in [1.29, 1.82) is 0 Å². The first-order valence-corrected chi connectivity index (χ1v) is 10.5. The topological polar surface area (TPSA) is 75.4 Å². The number of anilines is 1. The molecule has 1 saturated heterocycles. The fourth-order valence-corrected chi connectivity index (χ4v) is 5.28. The molecule has 5 heteroatoms. The molecule has 2 atom stereocenters. The molecule has 1 heterocycles. The second kappa shape index (κ2) is 7.63. The fourth-order valence-electron chi connectivity index (χ4n) is 5.28. The number of carbonyl (C=O) groups excluding carboxylic acids is 2. The standard InChI is InChI=1S/C22H31N3O2/c1-14-11-17(22(27)25-9-2-3-10-25)7-8-19(14)24-21(26)18-12-15-5-4-6-16(13-18)20(15)23/h7-8,11,15-16,18,20H,2-6,9-10,12-13,23H2,1H3,(H,24,26). The third-order valence-corrected chi connectivity index (χ3v) is 6.91. The fraction of sp³-hybridized carbons (Fsp3) is 0.636. The van der Waals surface area contributed by atoms with E-state index in [2.05, 4.69) is 5.32 Å².